The van der Waals surface area contributed by atoms with Crippen molar-refractivity contribution < 1.29 is 27.9 Å². The topological polar surface area (TPSA) is 113 Å². The predicted molar refractivity (Wildman–Crippen MR) is 99.6 cm³/mol. The molecule has 0 aliphatic carbocycles. The molecule has 0 radical (unpaired) electrons. The first-order valence-electron chi connectivity index (χ1n) is 8.90. The first kappa shape index (κ1) is 21.2. The van der Waals surface area contributed by atoms with E-state index in [1.54, 1.807) is 35.2 Å². The number of hydrogen-bond acceptors (Lipinski definition) is 5. The molecule has 1 atom stereocenters. The van der Waals surface area contributed by atoms with Crippen molar-refractivity contribution >= 4 is 22.1 Å². The van der Waals surface area contributed by atoms with Gasteiger partial charge in [-0.05, 0) is 37.2 Å². The van der Waals surface area contributed by atoms with Crippen LogP contribution in [0.25, 0.3) is 0 Å². The molecule has 150 valence electrons. The minimum absolute atomic E-state index is 0.215. The molecule has 0 bridgehead atoms. The molecule has 2 rings (SSSR count). The first-order valence-corrected chi connectivity index (χ1v) is 10.6. The summed E-state index contributed by atoms with van der Waals surface area (Å²) in [7, 11) is -2.41. The van der Waals surface area contributed by atoms with Gasteiger partial charge in [0, 0.05) is 13.1 Å². The van der Waals surface area contributed by atoms with Crippen LogP contribution in [0, 0.1) is 5.92 Å². The predicted octanol–water partition coefficient (Wildman–Crippen LogP) is 1.82. The van der Waals surface area contributed by atoms with Crippen LogP contribution in [0.15, 0.2) is 30.3 Å². The summed E-state index contributed by atoms with van der Waals surface area (Å²) < 4.78 is 31.6. The third-order valence-corrected chi connectivity index (χ3v) is 6.09. The van der Waals surface area contributed by atoms with Crippen LogP contribution in [0.4, 0.5) is 4.79 Å². The molecule has 1 aliphatic heterocycles. The molecule has 27 heavy (non-hydrogen) atoms. The molecule has 1 unspecified atom stereocenters. The molecule has 1 saturated heterocycles. The Labute approximate surface area is 159 Å². The lowest BCUT2D eigenvalue weighted by atomic mass is 9.91. The Morgan fingerprint density at radius 1 is 1.26 bits per heavy atom. The lowest BCUT2D eigenvalue weighted by Gasteiger charge is -2.31. The number of likely N-dealkylation sites (tertiary alicyclic amines) is 1. The molecule has 0 saturated carbocycles. The van der Waals surface area contributed by atoms with Gasteiger partial charge in [-0.25, -0.2) is 17.9 Å². The fourth-order valence-electron chi connectivity index (χ4n) is 3.22. The normalized spacial score (nSPS) is 16.7. The van der Waals surface area contributed by atoms with Crippen LogP contribution in [0.5, 0.6) is 0 Å². The van der Waals surface area contributed by atoms with E-state index in [9.17, 15) is 23.1 Å². The number of nitrogens with one attached hydrogen (secondary N) is 1. The molecule has 9 heteroatoms. The van der Waals surface area contributed by atoms with Gasteiger partial charge >= 0.3 is 12.1 Å². The van der Waals surface area contributed by atoms with Crippen LogP contribution < -0.4 is 4.72 Å². The molecular formula is C18H26N2O6S. The van der Waals surface area contributed by atoms with Crippen molar-refractivity contribution in [2.45, 2.75) is 37.5 Å². The molecule has 1 aromatic rings. The summed E-state index contributed by atoms with van der Waals surface area (Å²) >= 11 is 0. The Morgan fingerprint density at radius 2 is 1.89 bits per heavy atom. The fourth-order valence-corrected chi connectivity index (χ4v) is 4.59. The zero-order chi connectivity index (χ0) is 19.9. The molecule has 2 N–H and O–H groups in total. The largest absolute Gasteiger partial charge is 0.480 e. The van der Waals surface area contributed by atoms with Gasteiger partial charge in [-0.3, -0.25) is 4.79 Å². The second-order valence-electron chi connectivity index (χ2n) is 6.73. The van der Waals surface area contributed by atoms with Crippen molar-refractivity contribution in [1.29, 1.82) is 0 Å². The van der Waals surface area contributed by atoms with Gasteiger partial charge in [-0.2, -0.15) is 0 Å². The number of piperidine rings is 1. The minimum Gasteiger partial charge on any atom is -0.480 e. The van der Waals surface area contributed by atoms with Gasteiger partial charge in [0.15, 0.2) is 0 Å². The summed E-state index contributed by atoms with van der Waals surface area (Å²) in [6.07, 6.45) is 1.94. The van der Waals surface area contributed by atoms with Crippen molar-refractivity contribution in [3.8, 4) is 0 Å². The standard InChI is InChI=1S/C18H26N2O6S/c1-26-18(23)20-11-9-14(10-12-20)7-8-16(17(21)22)19-27(24,25)13-15-5-3-2-4-6-15/h2-6,14,16,19H,7-13H2,1H3,(H,21,22). The number of ether oxygens (including phenoxy) is 1. The quantitative estimate of drug-likeness (QED) is 0.691. The number of sulfonamides is 1. The smallest absolute Gasteiger partial charge is 0.409 e. The fraction of sp³-hybridized carbons (Fsp3) is 0.556. The van der Waals surface area contributed by atoms with E-state index in [-0.39, 0.29) is 24.2 Å². The molecule has 0 aromatic heterocycles. The number of carbonyl (C=O) groups excluding carboxylic acids is 1. The van der Waals surface area contributed by atoms with Crippen molar-refractivity contribution in [3.63, 3.8) is 0 Å². The molecule has 1 aromatic carbocycles. The SMILES string of the molecule is COC(=O)N1CCC(CCC(NS(=O)(=O)Cc2ccccc2)C(=O)O)CC1. The molecular weight excluding hydrogens is 372 g/mol. The summed E-state index contributed by atoms with van der Waals surface area (Å²) in [6, 6.07) is 7.47. The van der Waals surface area contributed by atoms with Crippen LogP contribution in [0.1, 0.15) is 31.2 Å². The second-order valence-corrected chi connectivity index (χ2v) is 8.49. The maximum Gasteiger partial charge on any atom is 0.409 e. The van der Waals surface area contributed by atoms with Crippen molar-refractivity contribution in [1.82, 2.24) is 9.62 Å². The third-order valence-electron chi connectivity index (χ3n) is 4.73. The van der Waals surface area contributed by atoms with E-state index in [2.05, 4.69) is 4.72 Å². The number of nitrogens with zero attached hydrogens (tertiary/aromatic N) is 1. The third kappa shape index (κ3) is 6.84. The van der Waals surface area contributed by atoms with Gasteiger partial charge < -0.3 is 14.7 Å². The number of hydrogen-bond donors (Lipinski definition) is 2. The molecule has 1 aliphatic rings. The van der Waals surface area contributed by atoms with E-state index in [0.29, 0.717) is 25.1 Å². The van der Waals surface area contributed by atoms with Crippen LogP contribution in [-0.2, 0) is 25.3 Å². The van der Waals surface area contributed by atoms with E-state index in [1.807, 2.05) is 0 Å². The Bertz CT molecular complexity index is 729. The zero-order valence-corrected chi connectivity index (χ0v) is 16.2. The van der Waals surface area contributed by atoms with Gasteiger partial charge in [-0.15, -0.1) is 0 Å². The highest BCUT2D eigenvalue weighted by atomic mass is 32.2. The highest BCUT2D eigenvalue weighted by Gasteiger charge is 2.27. The van der Waals surface area contributed by atoms with E-state index in [4.69, 9.17) is 4.74 Å². The number of carbonyl (C=O) groups is 2. The lowest BCUT2D eigenvalue weighted by molar-refractivity contribution is -0.139. The van der Waals surface area contributed by atoms with Crippen LogP contribution in [0.3, 0.4) is 0 Å². The maximum atomic E-state index is 12.3. The van der Waals surface area contributed by atoms with E-state index in [0.717, 1.165) is 12.8 Å². The van der Waals surface area contributed by atoms with Gasteiger partial charge in [-0.1, -0.05) is 30.3 Å². The number of carboxylic acids is 1. The number of benzene rings is 1. The number of amides is 1. The minimum atomic E-state index is -3.76. The number of carboxylic acid groups (broad SMARTS) is 1. The second kappa shape index (κ2) is 9.70. The highest BCUT2D eigenvalue weighted by Crippen LogP contribution is 2.23. The van der Waals surface area contributed by atoms with E-state index in [1.165, 1.54) is 7.11 Å². The van der Waals surface area contributed by atoms with Crippen LogP contribution in [-0.4, -0.2) is 56.7 Å². The molecule has 0 spiro atoms. The van der Waals surface area contributed by atoms with Gasteiger partial charge in [0.05, 0.1) is 12.9 Å². The summed E-state index contributed by atoms with van der Waals surface area (Å²) in [5, 5.41) is 9.38. The summed E-state index contributed by atoms with van der Waals surface area (Å²) in [5.74, 6) is -1.18. The van der Waals surface area contributed by atoms with E-state index >= 15 is 0 Å². The summed E-state index contributed by atoms with van der Waals surface area (Å²) in [4.78, 5) is 24.6. The monoisotopic (exact) mass is 398 g/mol. The summed E-state index contributed by atoms with van der Waals surface area (Å²) in [5.41, 5.74) is 0.601. The molecule has 1 amide bonds. The molecule has 1 fully saturated rings. The number of methoxy groups -OCH3 is 1. The Morgan fingerprint density at radius 3 is 2.44 bits per heavy atom. The number of aliphatic carboxylic acids is 1. The molecule has 1 heterocycles. The van der Waals surface area contributed by atoms with Gasteiger partial charge in [0.25, 0.3) is 0 Å². The highest BCUT2D eigenvalue weighted by molar-refractivity contribution is 7.88. The zero-order valence-electron chi connectivity index (χ0n) is 15.3. The summed E-state index contributed by atoms with van der Waals surface area (Å²) in [6.45, 7) is 1.13. The average molecular weight is 398 g/mol. The van der Waals surface area contributed by atoms with E-state index < -0.39 is 22.0 Å². The van der Waals surface area contributed by atoms with Gasteiger partial charge in [0.1, 0.15) is 6.04 Å². The van der Waals surface area contributed by atoms with Crippen molar-refractivity contribution in [2.24, 2.45) is 5.92 Å². The lowest BCUT2D eigenvalue weighted by Crippen LogP contribution is -2.42. The van der Waals surface area contributed by atoms with Crippen LogP contribution >= 0.6 is 0 Å². The Hall–Kier alpha value is -2.13. The first-order chi connectivity index (χ1) is 12.8. The van der Waals surface area contributed by atoms with Crippen LogP contribution in [0.2, 0.25) is 0 Å². The van der Waals surface area contributed by atoms with Crippen molar-refractivity contribution in [3.05, 3.63) is 35.9 Å². The maximum absolute atomic E-state index is 12.3. The molecule has 8 nitrogen and oxygen atoms in total. The van der Waals surface area contributed by atoms with Gasteiger partial charge in [0.2, 0.25) is 10.0 Å². The number of rotatable bonds is 8. The Balaban J connectivity index is 1.85. The Kier molecular flexibility index (Phi) is 7.61. The average Bonchev–Trinajstić information content (AvgIpc) is 2.65. The van der Waals surface area contributed by atoms with Crippen molar-refractivity contribution in [2.75, 3.05) is 20.2 Å².